The molecule has 0 aliphatic heterocycles. The molecule has 0 aromatic carbocycles. The van der Waals surface area contributed by atoms with Crippen LogP contribution in [0.5, 0.6) is 0 Å². The van der Waals surface area contributed by atoms with Crippen LogP contribution in [-0.2, 0) is 9.59 Å². The van der Waals surface area contributed by atoms with Gasteiger partial charge in [-0.2, -0.15) is 0 Å². The molecule has 0 aromatic heterocycles. The molecular weight excluding hydrogens is 236 g/mol. The third-order valence-electron chi connectivity index (χ3n) is 3.43. The lowest BCUT2D eigenvalue weighted by atomic mass is 9.93. The van der Waals surface area contributed by atoms with E-state index in [1.165, 1.54) is 0 Å². The standard InChI is InChI=1S/C13H20O5/c14-8-9-6-7-11(15)10(9)4-2-1-3-5-12(16)13(17)18/h1-2,9-10,12,14,16H,3-8H2,(H,17,18)/t9-,10-,12?/m1/s1. The third kappa shape index (κ3) is 4.23. The van der Waals surface area contributed by atoms with Gasteiger partial charge >= 0.3 is 5.97 Å². The van der Waals surface area contributed by atoms with E-state index in [9.17, 15) is 9.59 Å². The van der Waals surface area contributed by atoms with E-state index in [-0.39, 0.29) is 30.6 Å². The molecule has 5 heteroatoms. The second-order valence-electron chi connectivity index (χ2n) is 4.69. The molecule has 1 saturated carbocycles. The molecular formula is C13H20O5. The van der Waals surface area contributed by atoms with Crippen molar-refractivity contribution >= 4 is 11.8 Å². The molecule has 18 heavy (non-hydrogen) atoms. The minimum Gasteiger partial charge on any atom is -0.479 e. The number of hydrogen-bond acceptors (Lipinski definition) is 4. The summed E-state index contributed by atoms with van der Waals surface area (Å²) in [4.78, 5) is 21.9. The summed E-state index contributed by atoms with van der Waals surface area (Å²) >= 11 is 0. The smallest absolute Gasteiger partial charge is 0.332 e. The number of hydrogen-bond donors (Lipinski definition) is 3. The second-order valence-corrected chi connectivity index (χ2v) is 4.69. The minimum absolute atomic E-state index is 0.0436. The van der Waals surface area contributed by atoms with Crippen LogP contribution in [0.15, 0.2) is 12.2 Å². The highest BCUT2D eigenvalue weighted by molar-refractivity contribution is 5.83. The van der Waals surface area contributed by atoms with Gasteiger partial charge in [0.15, 0.2) is 6.10 Å². The molecule has 1 unspecified atom stereocenters. The predicted octanol–water partition coefficient (Wildman–Crippen LogP) is 0.746. The Morgan fingerprint density at radius 3 is 2.78 bits per heavy atom. The molecule has 1 rings (SSSR count). The Balaban J connectivity index is 2.27. The number of aliphatic hydroxyl groups is 2. The normalized spacial score (nSPS) is 25.8. The Kier molecular flexibility index (Phi) is 6.01. The molecule has 1 aliphatic carbocycles. The van der Waals surface area contributed by atoms with Crippen LogP contribution in [0.25, 0.3) is 0 Å². The van der Waals surface area contributed by atoms with Gasteiger partial charge in [0, 0.05) is 18.9 Å². The summed E-state index contributed by atoms with van der Waals surface area (Å²) in [5.74, 6) is -1.05. The number of Topliss-reactive ketones (excluding diaryl/α,β-unsaturated/α-hetero) is 1. The first-order valence-corrected chi connectivity index (χ1v) is 6.25. The van der Waals surface area contributed by atoms with Crippen molar-refractivity contribution in [2.24, 2.45) is 11.8 Å². The molecule has 0 spiro atoms. The maximum Gasteiger partial charge on any atom is 0.332 e. The van der Waals surface area contributed by atoms with Crippen molar-refractivity contribution < 1.29 is 24.9 Å². The molecule has 5 nitrogen and oxygen atoms in total. The first-order valence-electron chi connectivity index (χ1n) is 6.25. The fourth-order valence-electron chi connectivity index (χ4n) is 2.26. The van der Waals surface area contributed by atoms with Crippen molar-refractivity contribution in [1.29, 1.82) is 0 Å². The second kappa shape index (κ2) is 7.28. The maximum absolute atomic E-state index is 11.5. The summed E-state index contributed by atoms with van der Waals surface area (Å²) in [6.45, 7) is 0.0436. The van der Waals surface area contributed by atoms with Gasteiger partial charge in [-0.3, -0.25) is 4.79 Å². The number of allylic oxidation sites excluding steroid dienone is 2. The molecule has 3 atom stereocenters. The van der Waals surface area contributed by atoms with Gasteiger partial charge in [-0.05, 0) is 31.6 Å². The van der Waals surface area contributed by atoms with Crippen LogP contribution < -0.4 is 0 Å². The van der Waals surface area contributed by atoms with E-state index >= 15 is 0 Å². The molecule has 0 bridgehead atoms. The summed E-state index contributed by atoms with van der Waals surface area (Å²) in [5.41, 5.74) is 0. The SMILES string of the molecule is O=C(O)C(O)CCC=CC[C@H]1C(=O)CC[C@@H]1CO. The van der Waals surface area contributed by atoms with Crippen molar-refractivity contribution in [3.05, 3.63) is 12.2 Å². The Morgan fingerprint density at radius 1 is 1.44 bits per heavy atom. The number of carboxylic acids is 1. The maximum atomic E-state index is 11.5. The molecule has 3 N–H and O–H groups in total. The third-order valence-corrected chi connectivity index (χ3v) is 3.43. The van der Waals surface area contributed by atoms with Crippen molar-refractivity contribution in [2.45, 2.75) is 38.2 Å². The zero-order valence-electron chi connectivity index (χ0n) is 10.3. The lowest BCUT2D eigenvalue weighted by molar-refractivity contribution is -0.146. The van der Waals surface area contributed by atoms with Crippen LogP contribution >= 0.6 is 0 Å². The van der Waals surface area contributed by atoms with Crippen LogP contribution in [0.4, 0.5) is 0 Å². The van der Waals surface area contributed by atoms with Crippen molar-refractivity contribution in [2.75, 3.05) is 6.61 Å². The van der Waals surface area contributed by atoms with E-state index in [0.717, 1.165) is 6.42 Å². The number of carbonyl (C=O) groups is 2. The molecule has 102 valence electrons. The van der Waals surface area contributed by atoms with Crippen LogP contribution in [0.1, 0.15) is 32.1 Å². The van der Waals surface area contributed by atoms with Gasteiger partial charge in [0.1, 0.15) is 5.78 Å². The summed E-state index contributed by atoms with van der Waals surface area (Å²) in [6, 6.07) is 0. The van der Waals surface area contributed by atoms with E-state index < -0.39 is 12.1 Å². The summed E-state index contributed by atoms with van der Waals surface area (Å²) in [5, 5.41) is 26.6. The van der Waals surface area contributed by atoms with Gasteiger partial charge in [-0.25, -0.2) is 4.79 Å². The van der Waals surface area contributed by atoms with E-state index in [1.807, 2.05) is 6.08 Å². The van der Waals surface area contributed by atoms with Gasteiger partial charge < -0.3 is 15.3 Å². The number of aliphatic hydroxyl groups excluding tert-OH is 2. The van der Waals surface area contributed by atoms with Gasteiger partial charge in [-0.15, -0.1) is 0 Å². The largest absolute Gasteiger partial charge is 0.479 e. The van der Waals surface area contributed by atoms with Crippen molar-refractivity contribution in [3.8, 4) is 0 Å². The fraction of sp³-hybridized carbons (Fsp3) is 0.692. The van der Waals surface area contributed by atoms with Crippen LogP contribution in [0, 0.1) is 11.8 Å². The van der Waals surface area contributed by atoms with E-state index in [1.54, 1.807) is 6.08 Å². The number of aliphatic carboxylic acids is 1. The molecule has 0 aromatic rings. The fourth-order valence-corrected chi connectivity index (χ4v) is 2.26. The van der Waals surface area contributed by atoms with Gasteiger partial charge in [0.05, 0.1) is 0 Å². The highest BCUT2D eigenvalue weighted by Crippen LogP contribution is 2.31. The van der Waals surface area contributed by atoms with Crippen LogP contribution in [-0.4, -0.2) is 39.8 Å². The molecule has 0 saturated heterocycles. The molecule has 0 amide bonds. The predicted molar refractivity (Wildman–Crippen MR) is 64.9 cm³/mol. The number of carbonyl (C=O) groups excluding carboxylic acids is 1. The molecule has 1 fully saturated rings. The van der Waals surface area contributed by atoms with Gasteiger partial charge in [-0.1, -0.05) is 12.2 Å². The topological polar surface area (TPSA) is 94.8 Å². The monoisotopic (exact) mass is 256 g/mol. The van der Waals surface area contributed by atoms with Crippen molar-refractivity contribution in [1.82, 2.24) is 0 Å². The lowest BCUT2D eigenvalue weighted by Crippen LogP contribution is -2.18. The quantitative estimate of drug-likeness (QED) is 0.584. The Labute approximate surface area is 106 Å². The van der Waals surface area contributed by atoms with E-state index in [4.69, 9.17) is 15.3 Å². The average molecular weight is 256 g/mol. The van der Waals surface area contributed by atoms with Gasteiger partial charge in [0.2, 0.25) is 0 Å². The highest BCUT2D eigenvalue weighted by atomic mass is 16.4. The van der Waals surface area contributed by atoms with Crippen molar-refractivity contribution in [3.63, 3.8) is 0 Å². The average Bonchev–Trinajstić information content (AvgIpc) is 2.69. The summed E-state index contributed by atoms with van der Waals surface area (Å²) < 4.78 is 0. The Morgan fingerprint density at radius 2 is 2.17 bits per heavy atom. The molecule has 0 heterocycles. The lowest BCUT2D eigenvalue weighted by Gasteiger charge is -2.13. The minimum atomic E-state index is -1.33. The van der Waals surface area contributed by atoms with Crippen LogP contribution in [0.3, 0.4) is 0 Å². The first-order chi connectivity index (χ1) is 8.56. The number of ketones is 1. The van der Waals surface area contributed by atoms with Crippen LogP contribution in [0.2, 0.25) is 0 Å². The zero-order chi connectivity index (χ0) is 13.5. The Hall–Kier alpha value is -1.20. The highest BCUT2D eigenvalue weighted by Gasteiger charge is 2.32. The van der Waals surface area contributed by atoms with E-state index in [0.29, 0.717) is 19.3 Å². The first kappa shape index (κ1) is 14.9. The summed E-state index contributed by atoms with van der Waals surface area (Å²) in [6.07, 6.45) is 4.83. The molecule has 0 radical (unpaired) electrons. The Bertz CT molecular complexity index is 323. The molecule has 1 aliphatic rings. The van der Waals surface area contributed by atoms with Gasteiger partial charge in [0.25, 0.3) is 0 Å². The summed E-state index contributed by atoms with van der Waals surface area (Å²) in [7, 11) is 0. The number of carboxylic acid groups (broad SMARTS) is 1. The number of rotatable bonds is 7. The zero-order valence-corrected chi connectivity index (χ0v) is 10.3. The van der Waals surface area contributed by atoms with E-state index in [2.05, 4.69) is 0 Å².